The van der Waals surface area contributed by atoms with Crippen LogP contribution in [0.4, 0.5) is 0 Å². The Balaban J connectivity index is 0.00000162. The van der Waals surface area contributed by atoms with Crippen LogP contribution >= 0.6 is 39.9 Å². The number of benzene rings is 1. The second-order valence-corrected chi connectivity index (χ2v) is 5.92. The smallest absolute Gasteiger partial charge is 0.136 e. The Bertz CT molecular complexity index is 408. The van der Waals surface area contributed by atoms with E-state index >= 15 is 0 Å². The van der Waals surface area contributed by atoms with Crippen LogP contribution in [0.2, 0.25) is 5.02 Å². The van der Waals surface area contributed by atoms with Crippen LogP contribution in [0, 0.1) is 5.92 Å². The Morgan fingerprint density at radius 2 is 1.89 bits per heavy atom. The minimum absolute atomic E-state index is 0. The van der Waals surface area contributed by atoms with E-state index < -0.39 is 0 Å². The quantitative estimate of drug-likeness (QED) is 0.800. The molecule has 1 aliphatic rings. The monoisotopic (exact) mass is 353 g/mol. The highest BCUT2D eigenvalue weighted by Gasteiger charge is 2.25. The van der Waals surface area contributed by atoms with Crippen LogP contribution in [0.5, 0.6) is 5.75 Å². The van der Waals surface area contributed by atoms with Crippen LogP contribution in [0.15, 0.2) is 16.6 Å². The molecule has 0 radical (unpaired) electrons. The third-order valence-corrected chi connectivity index (χ3v) is 4.96. The fourth-order valence-electron chi connectivity index (χ4n) is 2.57. The maximum absolute atomic E-state index is 10.1. The molecule has 1 saturated carbocycles. The van der Waals surface area contributed by atoms with Crippen molar-refractivity contribution in [3.8, 4) is 5.75 Å². The number of halogens is 3. The molecular formula is C13H18BrCl2NO. The number of hydrogen-bond acceptors (Lipinski definition) is 2. The third-order valence-electron chi connectivity index (χ3n) is 3.62. The highest BCUT2D eigenvalue weighted by atomic mass is 79.9. The number of nitrogens with two attached hydrogens (primary N) is 1. The van der Waals surface area contributed by atoms with Crippen LogP contribution in [-0.4, -0.2) is 5.11 Å². The summed E-state index contributed by atoms with van der Waals surface area (Å²) >= 11 is 9.21. The molecular weight excluding hydrogens is 337 g/mol. The topological polar surface area (TPSA) is 46.2 Å². The molecule has 102 valence electrons. The molecule has 0 aromatic heterocycles. The summed E-state index contributed by atoms with van der Waals surface area (Å²) in [5.41, 5.74) is 7.06. The predicted octanol–water partition coefficient (Wildman–Crippen LogP) is 4.81. The number of hydrogen-bond donors (Lipinski definition) is 2. The van der Waals surface area contributed by atoms with Crippen LogP contribution in [0.1, 0.15) is 43.7 Å². The molecule has 1 fully saturated rings. The van der Waals surface area contributed by atoms with Crippen molar-refractivity contribution < 1.29 is 5.11 Å². The van der Waals surface area contributed by atoms with E-state index in [9.17, 15) is 5.11 Å². The molecule has 1 aromatic carbocycles. The van der Waals surface area contributed by atoms with Gasteiger partial charge in [0.2, 0.25) is 0 Å². The van der Waals surface area contributed by atoms with Crippen molar-refractivity contribution in [2.24, 2.45) is 11.7 Å². The standard InChI is InChI=1S/C13H17BrClNO.ClH/c14-11-10(15)7-6-9(13(11)17)12(16)8-4-2-1-3-5-8;/h6-8,12,17H,1-5,16H2;1H/t12-;/m1./s1. The summed E-state index contributed by atoms with van der Waals surface area (Å²) in [4.78, 5) is 0. The Hall–Kier alpha value is 0.0400. The van der Waals surface area contributed by atoms with E-state index in [-0.39, 0.29) is 24.2 Å². The van der Waals surface area contributed by atoms with Gasteiger partial charge in [-0.2, -0.15) is 0 Å². The van der Waals surface area contributed by atoms with Gasteiger partial charge < -0.3 is 10.8 Å². The summed E-state index contributed by atoms with van der Waals surface area (Å²) in [7, 11) is 0. The summed E-state index contributed by atoms with van der Waals surface area (Å²) in [6.45, 7) is 0. The van der Waals surface area contributed by atoms with E-state index in [2.05, 4.69) is 15.9 Å². The number of aromatic hydroxyl groups is 1. The SMILES string of the molecule is Cl.N[C@@H](c1ccc(Cl)c(Br)c1O)C1CCCCC1. The van der Waals surface area contributed by atoms with Crippen molar-refractivity contribution in [2.75, 3.05) is 0 Å². The van der Waals surface area contributed by atoms with Gasteiger partial charge in [0.15, 0.2) is 0 Å². The first kappa shape index (κ1) is 16.1. The fraction of sp³-hybridized carbons (Fsp3) is 0.538. The van der Waals surface area contributed by atoms with E-state index in [1.165, 1.54) is 19.3 Å². The van der Waals surface area contributed by atoms with Crippen LogP contribution in [-0.2, 0) is 0 Å². The van der Waals surface area contributed by atoms with Gasteiger partial charge in [-0.1, -0.05) is 36.9 Å². The van der Waals surface area contributed by atoms with E-state index in [0.29, 0.717) is 15.4 Å². The van der Waals surface area contributed by atoms with Crippen LogP contribution < -0.4 is 5.73 Å². The van der Waals surface area contributed by atoms with Crippen molar-refractivity contribution in [1.29, 1.82) is 0 Å². The van der Waals surface area contributed by atoms with Crippen LogP contribution in [0.25, 0.3) is 0 Å². The first-order valence-corrected chi connectivity index (χ1v) is 7.21. The van der Waals surface area contributed by atoms with E-state index in [0.717, 1.165) is 18.4 Å². The summed E-state index contributed by atoms with van der Waals surface area (Å²) in [5.74, 6) is 0.665. The lowest BCUT2D eigenvalue weighted by molar-refractivity contribution is 0.303. The molecule has 1 aliphatic carbocycles. The Kier molecular flexibility index (Phi) is 6.25. The van der Waals surface area contributed by atoms with E-state index in [1.54, 1.807) is 6.07 Å². The average Bonchev–Trinajstić information content (AvgIpc) is 2.36. The molecule has 2 nitrogen and oxygen atoms in total. The van der Waals surface area contributed by atoms with E-state index in [4.69, 9.17) is 17.3 Å². The summed E-state index contributed by atoms with van der Waals surface area (Å²) < 4.78 is 0.544. The molecule has 2 rings (SSSR count). The molecule has 5 heteroatoms. The number of phenolic OH excluding ortho intramolecular Hbond substituents is 1. The molecule has 0 amide bonds. The molecule has 0 unspecified atom stereocenters. The van der Waals surface area contributed by atoms with Crippen molar-refractivity contribution in [2.45, 2.75) is 38.1 Å². The molecule has 3 N–H and O–H groups in total. The number of rotatable bonds is 2. The largest absolute Gasteiger partial charge is 0.506 e. The Morgan fingerprint density at radius 1 is 1.28 bits per heavy atom. The molecule has 0 bridgehead atoms. The molecule has 1 atom stereocenters. The predicted molar refractivity (Wildman–Crippen MR) is 81.6 cm³/mol. The highest BCUT2D eigenvalue weighted by molar-refractivity contribution is 9.10. The lowest BCUT2D eigenvalue weighted by Crippen LogP contribution is -2.23. The summed E-state index contributed by atoms with van der Waals surface area (Å²) in [6, 6.07) is 3.52. The van der Waals surface area contributed by atoms with Gasteiger partial charge in [-0.15, -0.1) is 12.4 Å². The average molecular weight is 355 g/mol. The molecule has 1 aromatic rings. The van der Waals surface area contributed by atoms with Crippen molar-refractivity contribution >= 4 is 39.9 Å². The Labute approximate surface area is 127 Å². The molecule has 18 heavy (non-hydrogen) atoms. The summed E-state index contributed by atoms with van der Waals surface area (Å²) in [6.07, 6.45) is 6.10. The maximum atomic E-state index is 10.1. The van der Waals surface area contributed by atoms with Gasteiger partial charge in [0.05, 0.1) is 9.50 Å². The molecule has 0 spiro atoms. The van der Waals surface area contributed by atoms with Crippen molar-refractivity contribution in [1.82, 2.24) is 0 Å². The van der Waals surface area contributed by atoms with Gasteiger partial charge in [-0.05, 0) is 40.8 Å². The first-order chi connectivity index (χ1) is 8.11. The normalized spacial score (nSPS) is 18.2. The first-order valence-electron chi connectivity index (χ1n) is 6.03. The summed E-state index contributed by atoms with van der Waals surface area (Å²) in [5, 5.41) is 10.6. The van der Waals surface area contributed by atoms with Crippen molar-refractivity contribution in [3.05, 3.63) is 27.2 Å². The minimum atomic E-state index is -0.0936. The van der Waals surface area contributed by atoms with Gasteiger partial charge >= 0.3 is 0 Å². The Morgan fingerprint density at radius 3 is 2.50 bits per heavy atom. The lowest BCUT2D eigenvalue weighted by Gasteiger charge is -2.28. The number of phenols is 1. The van der Waals surface area contributed by atoms with Gasteiger partial charge in [0.25, 0.3) is 0 Å². The van der Waals surface area contributed by atoms with Gasteiger partial charge in [0, 0.05) is 11.6 Å². The second-order valence-electron chi connectivity index (χ2n) is 4.72. The molecule has 0 aliphatic heterocycles. The third kappa shape index (κ3) is 3.32. The van der Waals surface area contributed by atoms with Gasteiger partial charge in [0.1, 0.15) is 5.75 Å². The fourth-order valence-corrected chi connectivity index (χ4v) is 3.08. The molecule has 0 heterocycles. The van der Waals surface area contributed by atoms with E-state index in [1.807, 2.05) is 6.07 Å². The van der Waals surface area contributed by atoms with Crippen molar-refractivity contribution in [3.63, 3.8) is 0 Å². The zero-order chi connectivity index (χ0) is 12.4. The minimum Gasteiger partial charge on any atom is -0.506 e. The second kappa shape index (κ2) is 6.99. The van der Waals surface area contributed by atoms with Gasteiger partial charge in [-0.3, -0.25) is 0 Å². The maximum Gasteiger partial charge on any atom is 0.136 e. The van der Waals surface area contributed by atoms with Gasteiger partial charge in [-0.25, -0.2) is 0 Å². The zero-order valence-electron chi connectivity index (χ0n) is 10.0. The lowest BCUT2D eigenvalue weighted by atomic mass is 9.81. The zero-order valence-corrected chi connectivity index (χ0v) is 13.2. The van der Waals surface area contributed by atoms with Crippen LogP contribution in [0.3, 0.4) is 0 Å². The highest BCUT2D eigenvalue weighted by Crippen LogP contribution is 2.41. The molecule has 0 saturated heterocycles.